The number of hydrogen-bond acceptors (Lipinski definition) is 4. The Hall–Kier alpha value is -2.62. The Kier molecular flexibility index (Phi) is 2.61. The third-order valence-corrected chi connectivity index (χ3v) is 3.85. The minimum atomic E-state index is 0.597. The molecule has 0 amide bonds. The number of benzene rings is 2. The van der Waals surface area contributed by atoms with Gasteiger partial charge in [-0.1, -0.05) is 12.1 Å². The maximum Gasteiger partial charge on any atom is 0.0554 e. The summed E-state index contributed by atoms with van der Waals surface area (Å²) in [5, 5.41) is 4.41. The molecule has 2 aromatic carbocycles. The Morgan fingerprint density at radius 1 is 1.00 bits per heavy atom. The van der Waals surface area contributed by atoms with E-state index < -0.39 is 0 Å². The van der Waals surface area contributed by atoms with Crippen molar-refractivity contribution in [3.63, 3.8) is 0 Å². The smallest absolute Gasteiger partial charge is 0.0554 e. The van der Waals surface area contributed by atoms with Gasteiger partial charge < -0.3 is 22.9 Å². The maximum absolute atomic E-state index is 5.96. The van der Waals surface area contributed by atoms with Crippen LogP contribution in [0.15, 0.2) is 29.6 Å². The van der Waals surface area contributed by atoms with Crippen LogP contribution in [0.3, 0.4) is 0 Å². The molecule has 0 heterocycles. The second kappa shape index (κ2) is 4.20. The van der Waals surface area contributed by atoms with Gasteiger partial charge in [0.05, 0.1) is 17.1 Å². The van der Waals surface area contributed by atoms with Gasteiger partial charge in [0.15, 0.2) is 0 Å². The van der Waals surface area contributed by atoms with Crippen LogP contribution in [-0.2, 0) is 6.42 Å². The molecular weight excluding hydrogens is 248 g/mol. The van der Waals surface area contributed by atoms with Gasteiger partial charge in [0, 0.05) is 12.1 Å². The molecule has 0 spiro atoms. The molecule has 20 heavy (non-hydrogen) atoms. The van der Waals surface area contributed by atoms with E-state index in [0.29, 0.717) is 29.2 Å². The summed E-state index contributed by atoms with van der Waals surface area (Å²) in [6, 6.07) is 5.95. The zero-order valence-electron chi connectivity index (χ0n) is 11.4. The normalized spacial score (nSPS) is 15.3. The zero-order valence-corrected chi connectivity index (χ0v) is 11.4. The van der Waals surface area contributed by atoms with E-state index in [1.165, 1.54) is 5.56 Å². The maximum atomic E-state index is 5.96. The van der Waals surface area contributed by atoms with Crippen LogP contribution in [0, 0.1) is 0 Å². The fraction of sp³-hybridized carbons (Fsp3) is 0.125. The van der Waals surface area contributed by atoms with Gasteiger partial charge in [-0.15, -0.1) is 0 Å². The lowest BCUT2D eigenvalue weighted by Crippen LogP contribution is -2.34. The van der Waals surface area contributed by atoms with Crippen molar-refractivity contribution in [3.05, 3.63) is 45.6 Å². The summed E-state index contributed by atoms with van der Waals surface area (Å²) in [5.74, 6) is 0. The Morgan fingerprint density at radius 2 is 1.70 bits per heavy atom. The van der Waals surface area contributed by atoms with Crippen LogP contribution in [0.25, 0.3) is 22.9 Å². The summed E-state index contributed by atoms with van der Waals surface area (Å²) >= 11 is 0. The van der Waals surface area contributed by atoms with Gasteiger partial charge in [-0.05, 0) is 51.9 Å². The molecule has 0 bridgehead atoms. The summed E-state index contributed by atoms with van der Waals surface area (Å²) in [7, 11) is 0. The number of anilines is 2. The highest BCUT2D eigenvalue weighted by molar-refractivity contribution is 5.92. The van der Waals surface area contributed by atoms with Crippen molar-refractivity contribution in [2.45, 2.75) is 13.3 Å². The molecule has 2 aromatic rings. The van der Waals surface area contributed by atoms with Gasteiger partial charge in [0.25, 0.3) is 0 Å². The first kappa shape index (κ1) is 12.4. The molecule has 0 saturated heterocycles. The summed E-state index contributed by atoms with van der Waals surface area (Å²) in [4.78, 5) is 0. The molecular formula is C16H18N4. The predicted molar refractivity (Wildman–Crippen MR) is 85.7 cm³/mol. The van der Waals surface area contributed by atoms with E-state index in [4.69, 9.17) is 22.9 Å². The average Bonchev–Trinajstić information content (AvgIpc) is 2.40. The first-order valence-corrected chi connectivity index (χ1v) is 6.54. The van der Waals surface area contributed by atoms with E-state index in [0.717, 1.165) is 21.2 Å². The van der Waals surface area contributed by atoms with Crippen LogP contribution in [0.5, 0.6) is 0 Å². The van der Waals surface area contributed by atoms with Gasteiger partial charge in [0.2, 0.25) is 0 Å². The van der Waals surface area contributed by atoms with Crippen molar-refractivity contribution in [1.82, 2.24) is 0 Å². The minimum absolute atomic E-state index is 0.597. The highest BCUT2D eigenvalue weighted by Gasteiger charge is 2.11. The highest BCUT2D eigenvalue weighted by atomic mass is 14.7. The molecule has 0 saturated carbocycles. The zero-order chi connectivity index (χ0) is 14.4. The molecule has 4 heteroatoms. The number of fused-ring (bicyclic) bond motifs is 2. The van der Waals surface area contributed by atoms with E-state index in [9.17, 15) is 0 Å². The molecule has 0 atom stereocenters. The van der Waals surface area contributed by atoms with Crippen molar-refractivity contribution >= 4 is 34.3 Å². The van der Waals surface area contributed by atoms with Crippen molar-refractivity contribution in [2.75, 3.05) is 11.5 Å². The van der Waals surface area contributed by atoms with E-state index in [-0.39, 0.29) is 0 Å². The topological polar surface area (TPSA) is 104 Å². The van der Waals surface area contributed by atoms with Gasteiger partial charge >= 0.3 is 0 Å². The lowest BCUT2D eigenvalue weighted by molar-refractivity contribution is 1.04. The largest absolute Gasteiger partial charge is 0.400 e. The number of rotatable bonds is 0. The number of nitrogen functional groups attached to an aromatic ring is 2. The molecule has 0 aliphatic heterocycles. The second-order valence-corrected chi connectivity index (χ2v) is 5.16. The molecule has 0 unspecified atom stereocenters. The van der Waals surface area contributed by atoms with Crippen LogP contribution >= 0.6 is 0 Å². The Labute approximate surface area is 117 Å². The van der Waals surface area contributed by atoms with Crippen LogP contribution in [0.1, 0.15) is 12.5 Å². The Morgan fingerprint density at radius 3 is 2.40 bits per heavy atom. The van der Waals surface area contributed by atoms with Crippen molar-refractivity contribution in [2.24, 2.45) is 11.5 Å². The second-order valence-electron chi connectivity index (χ2n) is 5.16. The summed E-state index contributed by atoms with van der Waals surface area (Å²) in [6.07, 6.45) is 4.68. The Balaban J connectivity index is 2.53. The lowest BCUT2D eigenvalue weighted by atomic mass is 9.94. The third kappa shape index (κ3) is 1.69. The molecule has 1 aliphatic carbocycles. The molecule has 3 rings (SSSR count). The fourth-order valence-electron chi connectivity index (χ4n) is 2.77. The van der Waals surface area contributed by atoms with E-state index in [2.05, 4.69) is 12.1 Å². The first-order valence-electron chi connectivity index (χ1n) is 6.54. The van der Waals surface area contributed by atoms with Crippen LogP contribution in [0.2, 0.25) is 0 Å². The van der Waals surface area contributed by atoms with Gasteiger partial charge in [0.1, 0.15) is 0 Å². The summed E-state index contributed by atoms with van der Waals surface area (Å²) < 4.78 is 0. The number of nitrogens with two attached hydrogens (primary N) is 4. The number of hydrogen-bond donors (Lipinski definition) is 4. The SMILES string of the molecule is CC=c1c2c(cc3cc(N)c(N)cc13)CC(N)=C(N)C=2. The molecule has 1 aliphatic rings. The molecule has 102 valence electrons. The summed E-state index contributed by atoms with van der Waals surface area (Å²) in [6.45, 7) is 2.01. The molecule has 0 radical (unpaired) electrons. The molecule has 4 nitrogen and oxygen atoms in total. The minimum Gasteiger partial charge on any atom is -0.400 e. The van der Waals surface area contributed by atoms with Gasteiger partial charge in [-0.3, -0.25) is 0 Å². The molecule has 8 N–H and O–H groups in total. The molecule has 0 fully saturated rings. The molecule has 0 aromatic heterocycles. The standard InChI is InChI=1S/C16H18N4/c1-2-10-11-6-15(19)13(17)4-8(11)3-9-5-14(18)16(20)7-12(9)10/h2-4,6-7H,5,17-20H2,1H3. The van der Waals surface area contributed by atoms with Crippen LogP contribution in [0.4, 0.5) is 11.4 Å². The quantitative estimate of drug-likeness (QED) is 0.514. The van der Waals surface area contributed by atoms with Crippen molar-refractivity contribution in [1.29, 1.82) is 0 Å². The monoisotopic (exact) mass is 266 g/mol. The Bertz CT molecular complexity index is 876. The highest BCUT2D eigenvalue weighted by Crippen LogP contribution is 2.22. The first-order chi connectivity index (χ1) is 9.51. The van der Waals surface area contributed by atoms with Gasteiger partial charge in [-0.2, -0.15) is 0 Å². The van der Waals surface area contributed by atoms with E-state index in [1.54, 1.807) is 0 Å². The van der Waals surface area contributed by atoms with E-state index >= 15 is 0 Å². The third-order valence-electron chi connectivity index (χ3n) is 3.85. The van der Waals surface area contributed by atoms with E-state index in [1.807, 2.05) is 25.1 Å². The van der Waals surface area contributed by atoms with Crippen molar-refractivity contribution < 1.29 is 0 Å². The summed E-state index contributed by atoms with van der Waals surface area (Å²) in [5.41, 5.74) is 27.5. The lowest BCUT2D eigenvalue weighted by Gasteiger charge is -2.15. The van der Waals surface area contributed by atoms with Gasteiger partial charge in [-0.25, -0.2) is 0 Å². The predicted octanol–water partition coefficient (Wildman–Crippen LogP) is 0.270. The number of allylic oxidation sites excluding steroid dienone is 2. The van der Waals surface area contributed by atoms with Crippen molar-refractivity contribution in [3.8, 4) is 0 Å². The fourth-order valence-corrected chi connectivity index (χ4v) is 2.77. The van der Waals surface area contributed by atoms with Crippen LogP contribution < -0.4 is 33.4 Å². The average molecular weight is 266 g/mol. The van der Waals surface area contributed by atoms with Crippen LogP contribution in [-0.4, -0.2) is 0 Å².